The van der Waals surface area contributed by atoms with Crippen molar-refractivity contribution in [2.24, 2.45) is 12.9 Å². The third-order valence-electron chi connectivity index (χ3n) is 3.48. The molecule has 0 bridgehead atoms. The van der Waals surface area contributed by atoms with Crippen molar-refractivity contribution in [1.29, 1.82) is 0 Å². The highest BCUT2D eigenvalue weighted by Crippen LogP contribution is 2.22. The lowest BCUT2D eigenvalue weighted by molar-refractivity contribution is 0.490. The molecule has 0 aromatic carbocycles. The van der Waals surface area contributed by atoms with E-state index < -0.39 is 0 Å². The van der Waals surface area contributed by atoms with Gasteiger partial charge in [0.2, 0.25) is 0 Å². The molecule has 1 unspecified atom stereocenters. The number of nitrogens with zero attached hydrogens (tertiary/aromatic N) is 2. The van der Waals surface area contributed by atoms with Crippen LogP contribution in [0, 0.1) is 0 Å². The number of imidazole rings is 1. The summed E-state index contributed by atoms with van der Waals surface area (Å²) in [5.41, 5.74) is 4.47. The Bertz CT molecular complexity index is 381. The minimum absolute atomic E-state index is 0.292. The van der Waals surface area contributed by atoms with Crippen LogP contribution in [0.5, 0.6) is 0 Å². The monoisotopic (exact) mass is 234 g/mol. The third kappa shape index (κ3) is 3.41. The summed E-state index contributed by atoms with van der Waals surface area (Å²) >= 11 is 0. The fourth-order valence-corrected chi connectivity index (χ4v) is 2.41. The van der Waals surface area contributed by atoms with E-state index in [1.165, 1.54) is 25.7 Å². The van der Waals surface area contributed by atoms with Gasteiger partial charge in [0.15, 0.2) is 0 Å². The molecule has 1 aliphatic carbocycles. The van der Waals surface area contributed by atoms with Gasteiger partial charge in [-0.3, -0.25) is 11.3 Å². The van der Waals surface area contributed by atoms with Crippen molar-refractivity contribution in [3.05, 3.63) is 29.9 Å². The molecule has 94 valence electrons. The summed E-state index contributed by atoms with van der Waals surface area (Å²) in [5.74, 6) is 6.73. The largest absolute Gasteiger partial charge is 0.338 e. The van der Waals surface area contributed by atoms with Crippen LogP contribution in [0.25, 0.3) is 0 Å². The molecule has 1 aromatic rings. The first-order chi connectivity index (χ1) is 8.29. The van der Waals surface area contributed by atoms with Crippen molar-refractivity contribution >= 4 is 0 Å². The Morgan fingerprint density at radius 1 is 1.47 bits per heavy atom. The van der Waals surface area contributed by atoms with E-state index in [2.05, 4.69) is 21.1 Å². The minimum Gasteiger partial charge on any atom is -0.338 e. The maximum atomic E-state index is 5.64. The highest BCUT2D eigenvalue weighted by atomic mass is 15.2. The Hall–Kier alpha value is -1.13. The number of hydrazine groups is 1. The molecule has 4 nitrogen and oxygen atoms in total. The quantitative estimate of drug-likeness (QED) is 0.463. The smallest absolute Gasteiger partial charge is 0.109 e. The summed E-state index contributed by atoms with van der Waals surface area (Å²) in [6, 6.07) is 0.292. The van der Waals surface area contributed by atoms with Gasteiger partial charge in [-0.2, -0.15) is 0 Å². The summed E-state index contributed by atoms with van der Waals surface area (Å²) in [7, 11) is 2.02. The average molecular weight is 234 g/mol. The summed E-state index contributed by atoms with van der Waals surface area (Å²) in [6.45, 7) is 0. The first-order valence-corrected chi connectivity index (χ1v) is 6.40. The third-order valence-corrected chi connectivity index (χ3v) is 3.48. The first-order valence-electron chi connectivity index (χ1n) is 6.40. The zero-order chi connectivity index (χ0) is 12.1. The maximum Gasteiger partial charge on any atom is 0.109 e. The predicted octanol–water partition coefficient (Wildman–Crippen LogP) is 1.68. The average Bonchev–Trinajstić information content (AvgIpc) is 2.75. The molecule has 2 rings (SSSR count). The first kappa shape index (κ1) is 12.3. The molecule has 0 saturated heterocycles. The van der Waals surface area contributed by atoms with Crippen LogP contribution in [0.2, 0.25) is 0 Å². The van der Waals surface area contributed by atoms with E-state index in [1.807, 2.05) is 19.4 Å². The molecule has 0 amide bonds. The lowest BCUT2D eigenvalue weighted by Crippen LogP contribution is -2.37. The standard InChI is InChI=1S/C13H22N4/c1-17-8-7-15-13(17)10-12(16-14)9-11-5-3-2-4-6-11/h5,7-8,12,16H,2-4,6,9-10,14H2,1H3. The molecule has 4 heteroatoms. The van der Waals surface area contributed by atoms with Crippen LogP contribution in [0.1, 0.15) is 37.9 Å². The van der Waals surface area contributed by atoms with E-state index in [0.717, 1.165) is 18.7 Å². The minimum atomic E-state index is 0.292. The van der Waals surface area contributed by atoms with E-state index in [1.54, 1.807) is 5.57 Å². The fourth-order valence-electron chi connectivity index (χ4n) is 2.41. The number of aromatic nitrogens is 2. The second-order valence-electron chi connectivity index (χ2n) is 4.83. The van der Waals surface area contributed by atoms with Gasteiger partial charge in [0, 0.05) is 31.9 Å². The predicted molar refractivity (Wildman–Crippen MR) is 69.2 cm³/mol. The maximum absolute atomic E-state index is 5.64. The van der Waals surface area contributed by atoms with Crippen LogP contribution in [0.3, 0.4) is 0 Å². The molecule has 0 aliphatic heterocycles. The van der Waals surface area contributed by atoms with Crippen LogP contribution >= 0.6 is 0 Å². The number of rotatable bonds is 5. The van der Waals surface area contributed by atoms with Gasteiger partial charge in [0.25, 0.3) is 0 Å². The van der Waals surface area contributed by atoms with Gasteiger partial charge in [0.05, 0.1) is 0 Å². The molecule has 0 saturated carbocycles. The molecule has 1 heterocycles. The van der Waals surface area contributed by atoms with Crippen molar-refractivity contribution < 1.29 is 0 Å². The van der Waals surface area contributed by atoms with Crippen molar-refractivity contribution in [3.8, 4) is 0 Å². The van der Waals surface area contributed by atoms with Gasteiger partial charge in [-0.15, -0.1) is 0 Å². The Morgan fingerprint density at radius 2 is 2.35 bits per heavy atom. The summed E-state index contributed by atoms with van der Waals surface area (Å²) in [4.78, 5) is 4.34. The van der Waals surface area contributed by atoms with Crippen molar-refractivity contribution in [2.45, 2.75) is 44.6 Å². The SMILES string of the molecule is Cn1ccnc1CC(CC1=CCCCC1)NN. The second kappa shape index (κ2) is 5.98. The molecule has 17 heavy (non-hydrogen) atoms. The molecule has 0 spiro atoms. The van der Waals surface area contributed by atoms with Crippen LogP contribution in [0.15, 0.2) is 24.0 Å². The molecule has 1 aliphatic rings. The van der Waals surface area contributed by atoms with Crippen molar-refractivity contribution in [3.63, 3.8) is 0 Å². The van der Waals surface area contributed by atoms with Gasteiger partial charge >= 0.3 is 0 Å². The number of allylic oxidation sites excluding steroid dienone is 1. The van der Waals surface area contributed by atoms with E-state index in [0.29, 0.717) is 6.04 Å². The van der Waals surface area contributed by atoms with Crippen LogP contribution in [-0.2, 0) is 13.5 Å². The summed E-state index contributed by atoms with van der Waals surface area (Å²) < 4.78 is 2.06. The van der Waals surface area contributed by atoms with Crippen molar-refractivity contribution in [1.82, 2.24) is 15.0 Å². The van der Waals surface area contributed by atoms with Crippen LogP contribution < -0.4 is 11.3 Å². The summed E-state index contributed by atoms with van der Waals surface area (Å²) in [6.07, 6.45) is 13.3. The molecule has 3 N–H and O–H groups in total. The highest BCUT2D eigenvalue weighted by Gasteiger charge is 2.14. The molecular formula is C13H22N4. The lowest BCUT2D eigenvalue weighted by Gasteiger charge is -2.19. The van der Waals surface area contributed by atoms with E-state index in [-0.39, 0.29) is 0 Å². The van der Waals surface area contributed by atoms with Gasteiger partial charge in [0.1, 0.15) is 5.82 Å². The van der Waals surface area contributed by atoms with Crippen LogP contribution in [0.4, 0.5) is 0 Å². The normalized spacial score (nSPS) is 17.9. The molecule has 1 aromatic heterocycles. The van der Waals surface area contributed by atoms with Gasteiger partial charge in [-0.05, 0) is 32.1 Å². The molecule has 0 radical (unpaired) electrons. The molecule has 0 fully saturated rings. The second-order valence-corrected chi connectivity index (χ2v) is 4.83. The van der Waals surface area contributed by atoms with Crippen molar-refractivity contribution in [2.75, 3.05) is 0 Å². The number of nitrogens with two attached hydrogens (primary N) is 1. The topological polar surface area (TPSA) is 55.9 Å². The zero-order valence-corrected chi connectivity index (χ0v) is 10.5. The van der Waals surface area contributed by atoms with Gasteiger partial charge < -0.3 is 4.57 Å². The Balaban J connectivity index is 1.92. The van der Waals surface area contributed by atoms with Gasteiger partial charge in [-0.1, -0.05) is 11.6 Å². The number of hydrogen-bond donors (Lipinski definition) is 2. The number of nitrogens with one attached hydrogen (secondary N) is 1. The van der Waals surface area contributed by atoms with Gasteiger partial charge in [-0.25, -0.2) is 4.98 Å². The van der Waals surface area contributed by atoms with E-state index in [9.17, 15) is 0 Å². The van der Waals surface area contributed by atoms with Crippen LogP contribution in [-0.4, -0.2) is 15.6 Å². The van der Waals surface area contributed by atoms with E-state index >= 15 is 0 Å². The Morgan fingerprint density at radius 3 is 2.94 bits per heavy atom. The summed E-state index contributed by atoms with van der Waals surface area (Å²) in [5, 5.41) is 0. The number of hydrogen-bond acceptors (Lipinski definition) is 3. The number of aryl methyl sites for hydroxylation is 1. The Kier molecular flexibility index (Phi) is 4.34. The lowest BCUT2D eigenvalue weighted by atomic mass is 9.93. The highest BCUT2D eigenvalue weighted by molar-refractivity contribution is 5.08. The fraction of sp³-hybridized carbons (Fsp3) is 0.615. The Labute approximate surface area is 103 Å². The molecule has 1 atom stereocenters. The zero-order valence-electron chi connectivity index (χ0n) is 10.5. The van der Waals surface area contributed by atoms with E-state index in [4.69, 9.17) is 5.84 Å². The molecular weight excluding hydrogens is 212 g/mol.